The van der Waals surface area contributed by atoms with Crippen LogP contribution in [0.2, 0.25) is 0 Å². The van der Waals surface area contributed by atoms with Gasteiger partial charge in [0.05, 0.1) is 23.2 Å². The van der Waals surface area contributed by atoms with Crippen molar-refractivity contribution in [1.82, 2.24) is 4.98 Å². The van der Waals surface area contributed by atoms with Gasteiger partial charge >= 0.3 is 18.3 Å². The van der Waals surface area contributed by atoms with Crippen LogP contribution in [0.15, 0.2) is 36.5 Å². The molecule has 0 amide bonds. The lowest BCUT2D eigenvalue weighted by molar-refractivity contribution is -0.140. The standard InChI is InChI=1S/C15H9F6NO2/c16-14(17,18)10-4-2-1-3-9(10)12-5-8(6-13(23)24)11(7-22-12)15(19,20)21/h1-5,7H,6H2,(H,23,24). The van der Waals surface area contributed by atoms with Crippen molar-refractivity contribution in [2.75, 3.05) is 0 Å². The molecule has 0 atom stereocenters. The summed E-state index contributed by atoms with van der Waals surface area (Å²) in [4.78, 5) is 14.2. The van der Waals surface area contributed by atoms with Crippen LogP contribution in [-0.2, 0) is 23.6 Å². The molecule has 0 saturated carbocycles. The highest BCUT2D eigenvalue weighted by molar-refractivity contribution is 5.73. The fraction of sp³-hybridized carbons (Fsp3) is 0.200. The fourth-order valence-corrected chi connectivity index (χ4v) is 2.16. The van der Waals surface area contributed by atoms with Gasteiger partial charge in [0, 0.05) is 11.8 Å². The molecule has 2 aromatic rings. The average Bonchev–Trinajstić information content (AvgIpc) is 2.44. The third kappa shape index (κ3) is 3.84. The van der Waals surface area contributed by atoms with E-state index in [2.05, 4.69) is 4.98 Å². The molecular formula is C15H9F6NO2. The fourth-order valence-electron chi connectivity index (χ4n) is 2.16. The van der Waals surface area contributed by atoms with E-state index in [1.54, 1.807) is 0 Å². The van der Waals surface area contributed by atoms with Gasteiger partial charge in [-0.1, -0.05) is 18.2 Å². The zero-order valence-corrected chi connectivity index (χ0v) is 11.7. The Bertz CT molecular complexity index is 767. The Balaban J connectivity index is 2.64. The van der Waals surface area contributed by atoms with Crippen LogP contribution in [0.25, 0.3) is 11.3 Å². The molecule has 0 radical (unpaired) electrons. The minimum Gasteiger partial charge on any atom is -0.481 e. The monoisotopic (exact) mass is 349 g/mol. The molecule has 0 fully saturated rings. The van der Waals surface area contributed by atoms with Crippen molar-refractivity contribution in [3.63, 3.8) is 0 Å². The Hall–Kier alpha value is -2.58. The lowest BCUT2D eigenvalue weighted by Crippen LogP contribution is -2.14. The number of nitrogens with zero attached hydrogens (tertiary/aromatic N) is 1. The molecule has 0 aliphatic carbocycles. The number of rotatable bonds is 3. The summed E-state index contributed by atoms with van der Waals surface area (Å²) < 4.78 is 77.7. The van der Waals surface area contributed by atoms with Crippen molar-refractivity contribution in [2.45, 2.75) is 18.8 Å². The normalized spacial score (nSPS) is 12.2. The van der Waals surface area contributed by atoms with Crippen LogP contribution in [0.5, 0.6) is 0 Å². The predicted octanol–water partition coefficient (Wildman–Crippen LogP) is 4.41. The molecule has 1 heterocycles. The van der Waals surface area contributed by atoms with E-state index in [0.29, 0.717) is 6.20 Å². The van der Waals surface area contributed by atoms with Gasteiger partial charge in [0.2, 0.25) is 0 Å². The Morgan fingerprint density at radius 1 is 1.00 bits per heavy atom. The van der Waals surface area contributed by atoms with Gasteiger partial charge < -0.3 is 5.11 Å². The van der Waals surface area contributed by atoms with E-state index in [1.807, 2.05) is 0 Å². The van der Waals surface area contributed by atoms with Crippen molar-refractivity contribution in [3.05, 3.63) is 53.2 Å². The molecule has 128 valence electrons. The molecule has 9 heteroatoms. The predicted molar refractivity (Wildman–Crippen MR) is 71.0 cm³/mol. The van der Waals surface area contributed by atoms with Crippen molar-refractivity contribution in [1.29, 1.82) is 0 Å². The molecule has 3 nitrogen and oxygen atoms in total. The van der Waals surface area contributed by atoms with Crippen LogP contribution < -0.4 is 0 Å². The third-order valence-electron chi connectivity index (χ3n) is 3.15. The Morgan fingerprint density at radius 2 is 1.58 bits per heavy atom. The molecule has 1 aromatic heterocycles. The maximum Gasteiger partial charge on any atom is 0.418 e. The molecule has 1 aromatic carbocycles. The Labute approximate surface area is 131 Å². The van der Waals surface area contributed by atoms with Crippen molar-refractivity contribution < 1.29 is 36.2 Å². The van der Waals surface area contributed by atoms with E-state index < -0.39 is 47.0 Å². The molecule has 0 bridgehead atoms. The third-order valence-corrected chi connectivity index (χ3v) is 3.15. The number of halogens is 6. The van der Waals surface area contributed by atoms with Gasteiger partial charge in [-0.25, -0.2) is 0 Å². The SMILES string of the molecule is O=C(O)Cc1cc(-c2ccccc2C(F)(F)F)ncc1C(F)(F)F. The molecule has 0 aliphatic rings. The number of hydrogen-bond acceptors (Lipinski definition) is 2. The number of benzene rings is 1. The molecule has 0 spiro atoms. The number of aliphatic carboxylic acids is 1. The summed E-state index contributed by atoms with van der Waals surface area (Å²) in [7, 11) is 0. The summed E-state index contributed by atoms with van der Waals surface area (Å²) >= 11 is 0. The summed E-state index contributed by atoms with van der Waals surface area (Å²) in [5, 5.41) is 8.73. The zero-order valence-electron chi connectivity index (χ0n) is 11.7. The summed E-state index contributed by atoms with van der Waals surface area (Å²) in [5.41, 5.74) is -3.83. The van der Waals surface area contributed by atoms with Crippen LogP contribution >= 0.6 is 0 Å². The molecule has 24 heavy (non-hydrogen) atoms. The van der Waals surface area contributed by atoms with E-state index in [1.165, 1.54) is 6.07 Å². The number of pyridine rings is 1. The summed E-state index contributed by atoms with van der Waals surface area (Å²) in [6, 6.07) is 4.96. The van der Waals surface area contributed by atoms with Gasteiger partial charge in [0.15, 0.2) is 0 Å². The number of aromatic nitrogens is 1. The first-order valence-corrected chi connectivity index (χ1v) is 6.44. The maximum absolute atomic E-state index is 13.0. The second kappa shape index (κ2) is 6.14. The maximum atomic E-state index is 13.0. The highest BCUT2D eigenvalue weighted by atomic mass is 19.4. The lowest BCUT2D eigenvalue weighted by Gasteiger charge is -2.15. The summed E-state index contributed by atoms with van der Waals surface area (Å²) in [5.74, 6) is -1.54. The molecule has 0 unspecified atom stereocenters. The van der Waals surface area contributed by atoms with Crippen LogP contribution in [0.3, 0.4) is 0 Å². The van der Waals surface area contributed by atoms with E-state index >= 15 is 0 Å². The molecule has 2 rings (SSSR count). The number of hydrogen-bond donors (Lipinski definition) is 1. The van der Waals surface area contributed by atoms with E-state index in [4.69, 9.17) is 5.11 Å². The first kappa shape index (κ1) is 17.8. The molecule has 0 aliphatic heterocycles. The van der Waals surface area contributed by atoms with Crippen LogP contribution in [0, 0.1) is 0 Å². The quantitative estimate of drug-likeness (QED) is 0.835. The van der Waals surface area contributed by atoms with Gasteiger partial charge in [-0.2, -0.15) is 26.3 Å². The number of alkyl halides is 6. The minimum absolute atomic E-state index is 0.348. The van der Waals surface area contributed by atoms with Crippen LogP contribution in [0.4, 0.5) is 26.3 Å². The number of carboxylic acid groups (broad SMARTS) is 1. The largest absolute Gasteiger partial charge is 0.481 e. The van der Waals surface area contributed by atoms with Gasteiger partial charge in [-0.3, -0.25) is 9.78 Å². The lowest BCUT2D eigenvalue weighted by atomic mass is 9.99. The van der Waals surface area contributed by atoms with Crippen molar-refractivity contribution in [3.8, 4) is 11.3 Å². The topological polar surface area (TPSA) is 50.2 Å². The number of carbonyl (C=O) groups is 1. The highest BCUT2D eigenvalue weighted by Gasteiger charge is 2.36. The average molecular weight is 349 g/mol. The first-order valence-electron chi connectivity index (χ1n) is 6.44. The molecule has 1 N–H and O–H groups in total. The highest BCUT2D eigenvalue weighted by Crippen LogP contribution is 2.38. The van der Waals surface area contributed by atoms with E-state index in [0.717, 1.165) is 24.3 Å². The first-order chi connectivity index (χ1) is 11.0. The Kier molecular flexibility index (Phi) is 4.54. The Morgan fingerprint density at radius 3 is 2.12 bits per heavy atom. The zero-order chi connectivity index (χ0) is 18.1. The van der Waals surface area contributed by atoms with Crippen LogP contribution in [0.1, 0.15) is 16.7 Å². The van der Waals surface area contributed by atoms with Crippen molar-refractivity contribution in [2.24, 2.45) is 0 Å². The van der Waals surface area contributed by atoms with Crippen LogP contribution in [-0.4, -0.2) is 16.1 Å². The van der Waals surface area contributed by atoms with Gasteiger partial charge in [-0.15, -0.1) is 0 Å². The minimum atomic E-state index is -4.86. The van der Waals surface area contributed by atoms with Gasteiger partial charge in [0.25, 0.3) is 0 Å². The molecular weight excluding hydrogens is 340 g/mol. The summed E-state index contributed by atoms with van der Waals surface area (Å²) in [6.07, 6.45) is -10.2. The van der Waals surface area contributed by atoms with Crippen molar-refractivity contribution >= 4 is 5.97 Å². The summed E-state index contributed by atoms with van der Waals surface area (Å²) in [6.45, 7) is 0. The second-order valence-corrected chi connectivity index (χ2v) is 4.84. The van der Waals surface area contributed by atoms with Gasteiger partial charge in [0.1, 0.15) is 0 Å². The van der Waals surface area contributed by atoms with Gasteiger partial charge in [-0.05, 0) is 17.7 Å². The smallest absolute Gasteiger partial charge is 0.418 e. The molecule has 0 saturated heterocycles. The van der Waals surface area contributed by atoms with E-state index in [-0.39, 0.29) is 5.69 Å². The number of carboxylic acids is 1. The second-order valence-electron chi connectivity index (χ2n) is 4.84. The van der Waals surface area contributed by atoms with E-state index in [9.17, 15) is 31.1 Å².